The molecule has 2 N–H and O–H groups in total. The monoisotopic (exact) mass is 517 g/mol. The lowest BCUT2D eigenvalue weighted by Gasteiger charge is -2.33. The van der Waals surface area contributed by atoms with E-state index in [1.807, 2.05) is 36.1 Å². The first-order chi connectivity index (χ1) is 17.8. The lowest BCUT2D eigenvalue weighted by atomic mass is 9.76. The molecule has 3 aromatic rings. The third kappa shape index (κ3) is 4.44. The number of carbonyl (C=O) groups is 1. The van der Waals surface area contributed by atoms with Crippen molar-refractivity contribution >= 4 is 40.7 Å². The Morgan fingerprint density at radius 1 is 1.27 bits per heavy atom. The van der Waals surface area contributed by atoms with Crippen molar-refractivity contribution < 1.29 is 9.90 Å². The van der Waals surface area contributed by atoms with Crippen molar-refractivity contribution in [3.8, 4) is 0 Å². The molecule has 0 amide bonds. The summed E-state index contributed by atoms with van der Waals surface area (Å²) in [5, 5.41) is 13.5. The quantitative estimate of drug-likeness (QED) is 0.414. The molecule has 0 radical (unpaired) electrons. The smallest absolute Gasteiger partial charge is 0.304 e. The van der Waals surface area contributed by atoms with Gasteiger partial charge in [-0.3, -0.25) is 4.79 Å². The Morgan fingerprint density at radius 3 is 2.84 bits per heavy atom. The summed E-state index contributed by atoms with van der Waals surface area (Å²) in [7, 11) is 2.17. The highest BCUT2D eigenvalue weighted by atomic mass is 35.5. The second-order valence-corrected chi connectivity index (χ2v) is 11.5. The molecule has 1 aliphatic carbocycles. The van der Waals surface area contributed by atoms with Crippen LogP contribution in [0.5, 0.6) is 0 Å². The number of hydrogen-bond donors (Lipinski definition) is 2. The molecular weight excluding hydrogens is 486 g/mol. The molecule has 0 bridgehead atoms. The standard InChI is InChI=1S/C29H32ClN5O2/c1-29(14-26(36)37)17-35(25-9-4-3-8-23(25)29)27-24(30)15-31-28(33-27)32-20-12-19-16-34(2)11-10-21(19)22(13-20)18-6-5-7-18/h3-4,8-9,12-13,15,18H,5-7,10-11,14,16-17H2,1-2H3,(H,36,37)(H,31,32,33). The van der Waals surface area contributed by atoms with Gasteiger partial charge in [-0.15, -0.1) is 0 Å². The van der Waals surface area contributed by atoms with Gasteiger partial charge in [-0.05, 0) is 72.7 Å². The number of benzene rings is 2. The van der Waals surface area contributed by atoms with Crippen LogP contribution in [0.4, 0.5) is 23.1 Å². The number of rotatable bonds is 6. The number of para-hydroxylation sites is 1. The van der Waals surface area contributed by atoms with E-state index in [0.29, 0.717) is 29.3 Å². The largest absolute Gasteiger partial charge is 0.481 e. The van der Waals surface area contributed by atoms with E-state index in [0.717, 1.165) is 36.4 Å². The minimum Gasteiger partial charge on any atom is -0.481 e. The minimum atomic E-state index is -0.824. The van der Waals surface area contributed by atoms with Gasteiger partial charge in [-0.2, -0.15) is 4.98 Å². The van der Waals surface area contributed by atoms with Gasteiger partial charge in [0.05, 0.1) is 12.6 Å². The second kappa shape index (κ2) is 9.30. The average molecular weight is 518 g/mol. The fraction of sp³-hybridized carbons (Fsp3) is 0.414. The number of anilines is 4. The zero-order chi connectivity index (χ0) is 25.7. The number of carboxylic acid groups (broad SMARTS) is 1. The molecule has 7 nitrogen and oxygen atoms in total. The van der Waals surface area contributed by atoms with Crippen LogP contribution in [0.3, 0.4) is 0 Å². The molecule has 1 aromatic heterocycles. The Kier molecular flexibility index (Phi) is 6.08. The van der Waals surface area contributed by atoms with E-state index in [1.165, 1.54) is 36.0 Å². The number of halogens is 1. The van der Waals surface area contributed by atoms with Crippen LogP contribution in [0, 0.1) is 0 Å². The zero-order valence-corrected chi connectivity index (χ0v) is 22.1. The first-order valence-electron chi connectivity index (χ1n) is 13.0. The summed E-state index contributed by atoms with van der Waals surface area (Å²) in [6.07, 6.45) is 6.58. The van der Waals surface area contributed by atoms with Crippen LogP contribution in [-0.4, -0.2) is 46.1 Å². The van der Waals surface area contributed by atoms with E-state index < -0.39 is 11.4 Å². The van der Waals surface area contributed by atoms with Crippen molar-refractivity contribution in [1.29, 1.82) is 0 Å². The molecule has 2 aliphatic heterocycles. The van der Waals surface area contributed by atoms with Crippen LogP contribution < -0.4 is 10.2 Å². The topological polar surface area (TPSA) is 81.6 Å². The van der Waals surface area contributed by atoms with Gasteiger partial charge in [0.25, 0.3) is 0 Å². The Labute approximate surface area is 222 Å². The first kappa shape index (κ1) is 24.2. The van der Waals surface area contributed by atoms with Gasteiger partial charge in [-0.1, -0.05) is 43.1 Å². The number of nitrogens with one attached hydrogen (secondary N) is 1. The maximum absolute atomic E-state index is 11.7. The normalized spacial score (nSPS) is 21.3. The number of fused-ring (bicyclic) bond motifs is 2. The molecular formula is C29H32ClN5O2. The van der Waals surface area contributed by atoms with Gasteiger partial charge in [0, 0.05) is 36.4 Å². The van der Waals surface area contributed by atoms with E-state index in [2.05, 4.69) is 34.4 Å². The molecule has 1 saturated carbocycles. The number of aromatic nitrogens is 2. The highest BCUT2D eigenvalue weighted by Crippen LogP contribution is 2.47. The third-order valence-electron chi connectivity index (χ3n) is 8.24. The Morgan fingerprint density at radius 2 is 2.08 bits per heavy atom. The van der Waals surface area contributed by atoms with E-state index in [4.69, 9.17) is 16.6 Å². The third-order valence-corrected chi connectivity index (χ3v) is 8.50. The number of likely N-dealkylation sites (N-methyl/N-ethyl adjacent to an activating group) is 1. The lowest BCUT2D eigenvalue weighted by Crippen LogP contribution is -2.31. The fourth-order valence-corrected chi connectivity index (χ4v) is 6.37. The summed E-state index contributed by atoms with van der Waals surface area (Å²) in [4.78, 5) is 25.4. The molecule has 8 heteroatoms. The number of hydrogen-bond acceptors (Lipinski definition) is 6. The molecule has 192 valence electrons. The van der Waals surface area contributed by atoms with Crippen LogP contribution in [0.25, 0.3) is 0 Å². The van der Waals surface area contributed by atoms with Crippen molar-refractivity contribution in [2.75, 3.05) is 30.4 Å². The average Bonchev–Trinajstić information content (AvgIpc) is 3.10. The Balaban J connectivity index is 1.34. The van der Waals surface area contributed by atoms with Crippen molar-refractivity contribution in [2.24, 2.45) is 0 Å². The number of nitrogens with zero attached hydrogens (tertiary/aromatic N) is 4. The molecule has 37 heavy (non-hydrogen) atoms. The lowest BCUT2D eigenvalue weighted by molar-refractivity contribution is -0.138. The maximum Gasteiger partial charge on any atom is 0.304 e. The van der Waals surface area contributed by atoms with Crippen molar-refractivity contribution in [3.63, 3.8) is 0 Å². The SMILES string of the molecule is CN1CCc2c(cc(Nc3ncc(Cl)c(N4CC(C)(CC(=O)O)c5ccccc54)n3)cc2C2CCC2)C1. The zero-order valence-electron chi connectivity index (χ0n) is 21.3. The first-order valence-corrected chi connectivity index (χ1v) is 13.4. The van der Waals surface area contributed by atoms with Gasteiger partial charge in [0.1, 0.15) is 5.02 Å². The van der Waals surface area contributed by atoms with Crippen molar-refractivity contribution in [3.05, 3.63) is 69.9 Å². The van der Waals surface area contributed by atoms with Crippen LogP contribution in [0.2, 0.25) is 5.02 Å². The van der Waals surface area contributed by atoms with Crippen molar-refractivity contribution in [2.45, 2.75) is 56.9 Å². The predicted octanol–water partition coefficient (Wildman–Crippen LogP) is 6.01. The number of aliphatic carboxylic acids is 1. The fourth-order valence-electron chi connectivity index (χ4n) is 6.18. The van der Waals surface area contributed by atoms with Gasteiger partial charge < -0.3 is 20.2 Å². The Hall–Kier alpha value is -3.16. The van der Waals surface area contributed by atoms with Crippen LogP contribution in [0.1, 0.15) is 60.8 Å². The highest BCUT2D eigenvalue weighted by Gasteiger charge is 2.42. The van der Waals surface area contributed by atoms with E-state index in [9.17, 15) is 9.90 Å². The summed E-state index contributed by atoms with van der Waals surface area (Å²) in [6, 6.07) is 12.4. The second-order valence-electron chi connectivity index (χ2n) is 11.0. The molecule has 3 aliphatic rings. The van der Waals surface area contributed by atoms with Gasteiger partial charge in [0.15, 0.2) is 5.82 Å². The molecule has 1 unspecified atom stereocenters. The molecule has 1 fully saturated rings. The van der Waals surface area contributed by atoms with Crippen molar-refractivity contribution in [1.82, 2.24) is 14.9 Å². The molecule has 0 saturated heterocycles. The minimum absolute atomic E-state index is 0.0296. The summed E-state index contributed by atoms with van der Waals surface area (Å²) in [6.45, 7) is 4.51. The Bertz CT molecular complexity index is 1370. The molecule has 6 rings (SSSR count). The molecule has 1 atom stereocenters. The summed E-state index contributed by atoms with van der Waals surface area (Å²) in [5.41, 5.74) is 6.76. The van der Waals surface area contributed by atoms with Gasteiger partial charge in [0.2, 0.25) is 5.95 Å². The van der Waals surface area contributed by atoms with E-state index >= 15 is 0 Å². The predicted molar refractivity (Wildman–Crippen MR) is 146 cm³/mol. The highest BCUT2D eigenvalue weighted by molar-refractivity contribution is 6.33. The van der Waals surface area contributed by atoms with Gasteiger partial charge >= 0.3 is 5.97 Å². The maximum atomic E-state index is 11.7. The van der Waals surface area contributed by atoms with Crippen LogP contribution in [-0.2, 0) is 23.2 Å². The van der Waals surface area contributed by atoms with Crippen LogP contribution >= 0.6 is 11.6 Å². The molecule has 3 heterocycles. The molecule has 2 aromatic carbocycles. The summed E-state index contributed by atoms with van der Waals surface area (Å²) >= 11 is 6.63. The van der Waals surface area contributed by atoms with E-state index in [1.54, 1.807) is 6.20 Å². The summed E-state index contributed by atoms with van der Waals surface area (Å²) in [5.74, 6) is 0.884. The molecule has 0 spiro atoms. The van der Waals surface area contributed by atoms with Crippen LogP contribution in [0.15, 0.2) is 42.6 Å². The summed E-state index contributed by atoms with van der Waals surface area (Å²) < 4.78 is 0. The van der Waals surface area contributed by atoms with E-state index in [-0.39, 0.29) is 6.42 Å². The van der Waals surface area contributed by atoms with Gasteiger partial charge in [-0.25, -0.2) is 4.98 Å². The number of carboxylic acids is 1.